The normalized spacial score (nSPS) is 12.9. The lowest BCUT2D eigenvalue weighted by Gasteiger charge is -2.25. The lowest BCUT2D eigenvalue weighted by atomic mass is 10.0. The summed E-state index contributed by atoms with van der Waals surface area (Å²) in [4.78, 5) is 37.7. The Bertz CT molecular complexity index is 1700. The van der Waals surface area contributed by atoms with E-state index < -0.39 is 18.4 Å². The van der Waals surface area contributed by atoms with Crippen LogP contribution in [-0.2, 0) is 33.3 Å². The Balaban J connectivity index is 3.94. The maximum atomic E-state index is 13.0. The average Bonchev–Trinajstić information content (AvgIpc) is 3.70. The molecule has 0 saturated carbocycles. The first-order valence-electron chi connectivity index (χ1n) is 40.0. The lowest BCUT2D eigenvalue weighted by Crippen LogP contribution is -2.40. The van der Waals surface area contributed by atoms with Gasteiger partial charge in [-0.25, -0.2) is 4.79 Å². The molecule has 0 spiro atoms. The highest BCUT2D eigenvalue weighted by molar-refractivity contribution is 5.71. The summed E-state index contributed by atoms with van der Waals surface area (Å²) in [6.45, 7) is 4.84. The van der Waals surface area contributed by atoms with Crippen molar-refractivity contribution in [2.75, 3.05) is 47.5 Å². The molecule has 0 saturated heterocycles. The second-order valence-corrected chi connectivity index (χ2v) is 28.4. The van der Waals surface area contributed by atoms with Crippen molar-refractivity contribution in [2.45, 2.75) is 405 Å². The summed E-state index contributed by atoms with van der Waals surface area (Å²) in [6, 6.07) is 0. The summed E-state index contributed by atoms with van der Waals surface area (Å²) < 4.78 is 23.1. The summed E-state index contributed by atoms with van der Waals surface area (Å²) >= 11 is 0. The highest BCUT2D eigenvalue weighted by atomic mass is 16.7. The highest BCUT2D eigenvalue weighted by Crippen LogP contribution is 2.20. The van der Waals surface area contributed by atoms with Crippen LogP contribution < -0.4 is 0 Å². The number of ether oxygens (including phenoxy) is 4. The largest absolute Gasteiger partial charge is 0.477 e. The molecule has 2 unspecified atom stereocenters. The fraction of sp³-hybridized carbons (Fsp3) is 0.843. The van der Waals surface area contributed by atoms with Crippen molar-refractivity contribution in [3.8, 4) is 0 Å². The molecule has 0 heterocycles. The molecule has 92 heavy (non-hydrogen) atoms. The van der Waals surface area contributed by atoms with E-state index in [0.29, 0.717) is 17.4 Å². The number of nitrogens with zero attached hydrogens (tertiary/aromatic N) is 1. The first-order chi connectivity index (χ1) is 45.1. The van der Waals surface area contributed by atoms with Crippen molar-refractivity contribution >= 4 is 17.9 Å². The molecule has 9 nitrogen and oxygen atoms in total. The molecule has 0 rings (SSSR count). The molecule has 0 aliphatic heterocycles. The molecule has 0 aromatic carbocycles. The van der Waals surface area contributed by atoms with Gasteiger partial charge in [0.1, 0.15) is 13.2 Å². The van der Waals surface area contributed by atoms with Gasteiger partial charge in [0.15, 0.2) is 6.10 Å². The molecule has 0 aliphatic carbocycles. The number of carbonyl (C=O) groups is 3. The minimum absolute atomic E-state index is 0.175. The molecule has 0 aromatic rings. The summed E-state index contributed by atoms with van der Waals surface area (Å²) in [7, 11) is 6.00. The van der Waals surface area contributed by atoms with Crippen molar-refractivity contribution in [1.82, 2.24) is 0 Å². The molecule has 0 aromatic heterocycles. The van der Waals surface area contributed by atoms with Crippen LogP contribution >= 0.6 is 0 Å². The number of rotatable bonds is 75. The minimum Gasteiger partial charge on any atom is -0.477 e. The number of quaternary nitrogens is 1. The van der Waals surface area contributed by atoms with E-state index in [1.807, 2.05) is 21.1 Å². The van der Waals surface area contributed by atoms with Crippen LogP contribution in [0, 0.1) is 0 Å². The van der Waals surface area contributed by atoms with Gasteiger partial charge < -0.3 is 28.5 Å². The Morgan fingerprint density at radius 1 is 0.337 bits per heavy atom. The van der Waals surface area contributed by atoms with Crippen molar-refractivity contribution in [1.29, 1.82) is 0 Å². The van der Waals surface area contributed by atoms with E-state index >= 15 is 0 Å². The zero-order chi connectivity index (χ0) is 66.8. The van der Waals surface area contributed by atoms with Crippen molar-refractivity contribution in [2.24, 2.45) is 0 Å². The standard InChI is InChI=1S/C83H153NO8/c1-6-8-10-12-14-16-18-20-22-24-26-28-30-32-34-35-36-37-38-39-40-41-42-43-44-45-46-47-48-50-52-54-56-58-60-62-64-66-68-70-72-74-81(86)92-79(78-91-83(82(87)88)89-76-75-84(3,4)5)77-90-80(85)73-71-69-67-65-63-61-59-57-55-53-51-49-33-31-29-27-25-23-21-19-17-15-13-11-9-7-2/h8,10,14,16,20,22,26,28,32,34,79,83H,6-7,9,11-13,15,17-19,21,23-25,27,29-31,33,35-78H2,1-5H3/p+1/b10-8-,16-14-,22-20-,28-26-,34-32-. The molecule has 0 amide bonds. The number of allylic oxidation sites excluding steroid dienone is 10. The van der Waals surface area contributed by atoms with Gasteiger partial charge in [0.25, 0.3) is 6.29 Å². The highest BCUT2D eigenvalue weighted by Gasteiger charge is 2.25. The number of carboxylic acid groups (broad SMARTS) is 1. The van der Waals surface area contributed by atoms with Crippen molar-refractivity contribution in [3.05, 3.63) is 60.8 Å². The van der Waals surface area contributed by atoms with Gasteiger partial charge in [-0.2, -0.15) is 0 Å². The predicted molar refractivity (Wildman–Crippen MR) is 397 cm³/mol. The molecule has 9 heteroatoms. The molecule has 0 aliphatic rings. The number of likely N-dealkylation sites (N-methyl/N-ethyl adjacent to an activating group) is 1. The Kier molecular flexibility index (Phi) is 71.4. The topological polar surface area (TPSA) is 108 Å². The van der Waals surface area contributed by atoms with Crippen LogP contribution in [0.4, 0.5) is 0 Å². The van der Waals surface area contributed by atoms with E-state index in [1.54, 1.807) is 0 Å². The monoisotopic (exact) mass is 1290 g/mol. The molecule has 1 N–H and O–H groups in total. The Morgan fingerprint density at radius 3 is 0.924 bits per heavy atom. The van der Waals surface area contributed by atoms with Gasteiger partial charge >= 0.3 is 17.9 Å². The maximum Gasteiger partial charge on any atom is 0.361 e. The second kappa shape index (κ2) is 73.8. The van der Waals surface area contributed by atoms with Gasteiger partial charge in [-0.15, -0.1) is 0 Å². The average molecular weight is 1290 g/mol. The van der Waals surface area contributed by atoms with Gasteiger partial charge in [0, 0.05) is 12.8 Å². The van der Waals surface area contributed by atoms with Gasteiger partial charge in [-0.05, 0) is 57.8 Å². The van der Waals surface area contributed by atoms with Gasteiger partial charge in [0.05, 0.1) is 34.4 Å². The third kappa shape index (κ3) is 74.4. The minimum atomic E-state index is -1.51. The van der Waals surface area contributed by atoms with Crippen LogP contribution in [0.2, 0.25) is 0 Å². The number of unbranched alkanes of at least 4 members (excludes halogenated alkanes) is 50. The Labute approximate surface area is 571 Å². The fourth-order valence-electron chi connectivity index (χ4n) is 12.0. The number of hydrogen-bond acceptors (Lipinski definition) is 7. The second-order valence-electron chi connectivity index (χ2n) is 28.4. The van der Waals surface area contributed by atoms with Gasteiger partial charge in [-0.3, -0.25) is 9.59 Å². The van der Waals surface area contributed by atoms with E-state index in [-0.39, 0.29) is 38.2 Å². The molecule has 0 bridgehead atoms. The fourth-order valence-corrected chi connectivity index (χ4v) is 12.0. The van der Waals surface area contributed by atoms with Crippen LogP contribution in [0.3, 0.4) is 0 Å². The summed E-state index contributed by atoms with van der Waals surface area (Å²) in [5.41, 5.74) is 0. The van der Waals surface area contributed by atoms with E-state index in [9.17, 15) is 19.5 Å². The first kappa shape index (κ1) is 89.0. The van der Waals surface area contributed by atoms with Crippen LogP contribution in [0.5, 0.6) is 0 Å². The SMILES string of the molecule is CC/C=C\C/C=C\C/C=C\C/C=C\C/C=C\CCCCCCCCCCCCCCCCCCCCCCCCCCCC(=O)OC(COC(=O)CCCCCCCCCCCCCCCCCCCCCCCCCCCC)COC(OCC[N+](C)(C)C)C(=O)O. The third-order valence-corrected chi connectivity index (χ3v) is 18.0. The van der Waals surface area contributed by atoms with Crippen LogP contribution in [-0.4, -0.2) is 87.4 Å². The van der Waals surface area contributed by atoms with Crippen LogP contribution in [0.25, 0.3) is 0 Å². The molecular formula is C83H154NO8+. The summed E-state index contributed by atoms with van der Waals surface area (Å²) in [5.74, 6) is -1.97. The predicted octanol–water partition coefficient (Wildman–Crippen LogP) is 25.4. The Hall–Kier alpha value is -3.01. The van der Waals surface area contributed by atoms with E-state index in [0.717, 1.165) is 70.6 Å². The zero-order valence-electron chi connectivity index (χ0n) is 61.7. The number of hydrogen-bond donors (Lipinski definition) is 1. The van der Waals surface area contributed by atoms with Gasteiger partial charge in [0.2, 0.25) is 0 Å². The van der Waals surface area contributed by atoms with E-state index in [4.69, 9.17) is 18.9 Å². The lowest BCUT2D eigenvalue weighted by molar-refractivity contribution is -0.870. The molecule has 0 radical (unpaired) electrons. The summed E-state index contributed by atoms with van der Waals surface area (Å²) in [5, 5.41) is 9.77. The Morgan fingerprint density at radius 2 is 0.620 bits per heavy atom. The summed E-state index contributed by atoms with van der Waals surface area (Å²) in [6.07, 6.45) is 95.3. The van der Waals surface area contributed by atoms with Crippen molar-refractivity contribution < 1.29 is 42.9 Å². The molecule has 0 fully saturated rings. The quantitative estimate of drug-likeness (QED) is 0.0211. The van der Waals surface area contributed by atoms with Gasteiger partial charge in [-0.1, -0.05) is 383 Å². The van der Waals surface area contributed by atoms with E-state index in [1.165, 1.54) is 295 Å². The van der Waals surface area contributed by atoms with Crippen LogP contribution in [0.15, 0.2) is 60.8 Å². The number of aliphatic carboxylic acids is 1. The van der Waals surface area contributed by atoms with Crippen molar-refractivity contribution in [3.63, 3.8) is 0 Å². The van der Waals surface area contributed by atoms with E-state index in [2.05, 4.69) is 74.6 Å². The molecule has 2 atom stereocenters. The smallest absolute Gasteiger partial charge is 0.361 e. The molecular weight excluding hydrogens is 1140 g/mol. The number of carboxylic acids is 1. The number of esters is 2. The maximum absolute atomic E-state index is 13.0. The first-order valence-corrected chi connectivity index (χ1v) is 40.0. The number of carbonyl (C=O) groups excluding carboxylic acids is 2. The van der Waals surface area contributed by atoms with Crippen LogP contribution in [0.1, 0.15) is 393 Å². The third-order valence-electron chi connectivity index (χ3n) is 18.0. The zero-order valence-corrected chi connectivity index (χ0v) is 61.7. The molecule has 538 valence electrons.